The lowest BCUT2D eigenvalue weighted by Crippen LogP contribution is -2.22. The molecule has 0 heterocycles. The molecule has 0 aliphatic rings. The van der Waals surface area contributed by atoms with E-state index in [2.05, 4.69) is 40.3 Å². The molecule has 1 N–H and O–H groups in total. The van der Waals surface area contributed by atoms with Crippen molar-refractivity contribution >= 4 is 27.5 Å². The van der Waals surface area contributed by atoms with E-state index in [4.69, 9.17) is 16.3 Å². The summed E-state index contributed by atoms with van der Waals surface area (Å²) in [5.74, 6) is 0.834. The maximum atomic E-state index is 6.14. The number of nitrogens with one attached hydrogen (secondary N) is 1. The van der Waals surface area contributed by atoms with Crippen LogP contribution in [0.15, 0.2) is 46.9 Å². The Balaban J connectivity index is 2.50. The van der Waals surface area contributed by atoms with Gasteiger partial charge in [0.15, 0.2) is 0 Å². The highest BCUT2D eigenvalue weighted by molar-refractivity contribution is 9.10. The maximum Gasteiger partial charge on any atom is 0.124 e. The van der Waals surface area contributed by atoms with E-state index in [0.717, 1.165) is 22.3 Å². The molecular formula is C16H17BrClNO. The van der Waals surface area contributed by atoms with E-state index < -0.39 is 0 Å². The number of hydrogen-bond donors (Lipinski definition) is 1. The minimum atomic E-state index is 0.0474. The summed E-state index contributed by atoms with van der Waals surface area (Å²) in [6.07, 6.45) is 0. The van der Waals surface area contributed by atoms with Crippen LogP contribution in [0.2, 0.25) is 5.02 Å². The first-order valence-corrected chi connectivity index (χ1v) is 7.65. The van der Waals surface area contributed by atoms with E-state index in [9.17, 15) is 0 Å². The van der Waals surface area contributed by atoms with Gasteiger partial charge in [-0.1, -0.05) is 46.6 Å². The molecule has 0 saturated carbocycles. The number of rotatable bonds is 5. The molecule has 0 aliphatic heterocycles. The Kier molecular flexibility index (Phi) is 5.46. The second-order valence-electron chi connectivity index (χ2n) is 4.43. The molecule has 0 aliphatic carbocycles. The summed E-state index contributed by atoms with van der Waals surface area (Å²) in [4.78, 5) is 0. The van der Waals surface area contributed by atoms with Crippen LogP contribution in [0, 0.1) is 0 Å². The average molecular weight is 355 g/mol. The zero-order chi connectivity index (χ0) is 14.5. The fourth-order valence-corrected chi connectivity index (χ4v) is 2.83. The highest BCUT2D eigenvalue weighted by Gasteiger charge is 2.18. The molecule has 0 amide bonds. The molecule has 106 valence electrons. The van der Waals surface area contributed by atoms with Gasteiger partial charge in [0.2, 0.25) is 0 Å². The molecule has 4 heteroatoms. The van der Waals surface area contributed by atoms with E-state index in [1.165, 1.54) is 5.56 Å². The van der Waals surface area contributed by atoms with Crippen molar-refractivity contribution in [3.05, 3.63) is 63.1 Å². The molecule has 0 radical (unpaired) electrons. The first-order valence-electron chi connectivity index (χ1n) is 6.48. The molecular weight excluding hydrogens is 338 g/mol. The largest absolute Gasteiger partial charge is 0.496 e. The number of ether oxygens (including phenoxy) is 1. The molecule has 0 aromatic heterocycles. The second-order valence-corrected chi connectivity index (χ2v) is 5.78. The van der Waals surface area contributed by atoms with E-state index >= 15 is 0 Å². The van der Waals surface area contributed by atoms with Crippen LogP contribution in [-0.2, 0) is 0 Å². The van der Waals surface area contributed by atoms with Crippen molar-refractivity contribution in [1.82, 2.24) is 5.32 Å². The Morgan fingerprint density at radius 2 is 2.05 bits per heavy atom. The fraction of sp³-hybridized carbons (Fsp3) is 0.250. The average Bonchev–Trinajstić information content (AvgIpc) is 2.44. The quantitative estimate of drug-likeness (QED) is 0.832. The first-order chi connectivity index (χ1) is 9.65. The maximum absolute atomic E-state index is 6.14. The lowest BCUT2D eigenvalue weighted by atomic mass is 9.98. The number of halogens is 2. The van der Waals surface area contributed by atoms with Gasteiger partial charge in [-0.15, -0.1) is 0 Å². The van der Waals surface area contributed by atoms with Crippen molar-refractivity contribution in [2.24, 2.45) is 0 Å². The van der Waals surface area contributed by atoms with Crippen LogP contribution in [0.1, 0.15) is 24.1 Å². The van der Waals surface area contributed by atoms with Gasteiger partial charge in [-0.25, -0.2) is 0 Å². The van der Waals surface area contributed by atoms with E-state index in [1.54, 1.807) is 7.11 Å². The zero-order valence-corrected chi connectivity index (χ0v) is 13.8. The van der Waals surface area contributed by atoms with Gasteiger partial charge < -0.3 is 10.1 Å². The molecule has 0 fully saturated rings. The number of benzene rings is 2. The Morgan fingerprint density at radius 1 is 1.25 bits per heavy atom. The van der Waals surface area contributed by atoms with Gasteiger partial charge in [-0.3, -0.25) is 0 Å². The van der Waals surface area contributed by atoms with Gasteiger partial charge in [0, 0.05) is 15.1 Å². The van der Waals surface area contributed by atoms with E-state index in [-0.39, 0.29) is 6.04 Å². The van der Waals surface area contributed by atoms with Crippen molar-refractivity contribution in [2.45, 2.75) is 13.0 Å². The molecule has 0 bridgehead atoms. The van der Waals surface area contributed by atoms with Gasteiger partial charge in [0.05, 0.1) is 13.2 Å². The predicted molar refractivity (Wildman–Crippen MR) is 87.7 cm³/mol. The summed E-state index contributed by atoms with van der Waals surface area (Å²) in [6.45, 7) is 2.94. The standard InChI is InChI=1S/C16H17BrClNO/c1-3-19-16(11-5-4-6-12(17)9-11)14-10-13(18)7-8-15(14)20-2/h4-10,16,19H,3H2,1-2H3. The molecule has 1 unspecified atom stereocenters. The summed E-state index contributed by atoms with van der Waals surface area (Å²) in [7, 11) is 1.68. The molecule has 0 spiro atoms. The highest BCUT2D eigenvalue weighted by atomic mass is 79.9. The third-order valence-corrected chi connectivity index (χ3v) is 3.82. The van der Waals surface area contributed by atoms with Crippen molar-refractivity contribution in [2.75, 3.05) is 13.7 Å². The highest BCUT2D eigenvalue weighted by Crippen LogP contribution is 2.33. The lowest BCUT2D eigenvalue weighted by molar-refractivity contribution is 0.404. The number of methoxy groups -OCH3 is 1. The van der Waals surface area contributed by atoms with Crippen LogP contribution < -0.4 is 10.1 Å². The van der Waals surface area contributed by atoms with Crippen LogP contribution in [-0.4, -0.2) is 13.7 Å². The third-order valence-electron chi connectivity index (χ3n) is 3.09. The zero-order valence-electron chi connectivity index (χ0n) is 11.5. The molecule has 0 saturated heterocycles. The normalized spacial score (nSPS) is 12.2. The monoisotopic (exact) mass is 353 g/mol. The van der Waals surface area contributed by atoms with E-state index in [0.29, 0.717) is 5.02 Å². The van der Waals surface area contributed by atoms with Crippen molar-refractivity contribution < 1.29 is 4.74 Å². The molecule has 20 heavy (non-hydrogen) atoms. The Hall–Kier alpha value is -1.03. The molecule has 2 rings (SSSR count). The van der Waals surface area contributed by atoms with Gasteiger partial charge in [-0.05, 0) is 42.4 Å². The molecule has 1 atom stereocenters. The smallest absolute Gasteiger partial charge is 0.124 e. The van der Waals surface area contributed by atoms with Gasteiger partial charge in [0.25, 0.3) is 0 Å². The summed E-state index contributed by atoms with van der Waals surface area (Å²) >= 11 is 9.66. The SMILES string of the molecule is CCNC(c1cccc(Br)c1)c1cc(Cl)ccc1OC. The minimum absolute atomic E-state index is 0.0474. The minimum Gasteiger partial charge on any atom is -0.496 e. The van der Waals surface area contributed by atoms with Crippen LogP contribution in [0.5, 0.6) is 5.75 Å². The summed E-state index contributed by atoms with van der Waals surface area (Å²) < 4.78 is 6.52. The van der Waals surface area contributed by atoms with Crippen LogP contribution in [0.25, 0.3) is 0 Å². The van der Waals surface area contributed by atoms with Crippen molar-refractivity contribution in [3.63, 3.8) is 0 Å². The summed E-state index contributed by atoms with van der Waals surface area (Å²) in [5.41, 5.74) is 2.21. The van der Waals surface area contributed by atoms with Crippen LogP contribution >= 0.6 is 27.5 Å². The van der Waals surface area contributed by atoms with Crippen LogP contribution in [0.3, 0.4) is 0 Å². The molecule has 2 aromatic rings. The topological polar surface area (TPSA) is 21.3 Å². The van der Waals surface area contributed by atoms with Crippen molar-refractivity contribution in [3.8, 4) is 5.75 Å². The van der Waals surface area contributed by atoms with E-state index in [1.807, 2.05) is 30.3 Å². The Morgan fingerprint density at radius 3 is 2.70 bits per heavy atom. The third kappa shape index (κ3) is 3.54. The van der Waals surface area contributed by atoms with Gasteiger partial charge >= 0.3 is 0 Å². The first kappa shape index (κ1) is 15.4. The Bertz CT molecular complexity index is 588. The molecule has 2 nitrogen and oxygen atoms in total. The van der Waals surface area contributed by atoms with Crippen molar-refractivity contribution in [1.29, 1.82) is 0 Å². The fourth-order valence-electron chi connectivity index (χ4n) is 2.23. The lowest BCUT2D eigenvalue weighted by Gasteiger charge is -2.21. The van der Waals surface area contributed by atoms with Gasteiger partial charge in [-0.2, -0.15) is 0 Å². The summed E-state index contributed by atoms with van der Waals surface area (Å²) in [5, 5.41) is 4.19. The second kappa shape index (κ2) is 7.11. The number of hydrogen-bond acceptors (Lipinski definition) is 2. The summed E-state index contributed by atoms with van der Waals surface area (Å²) in [6, 6.07) is 14.0. The molecule has 2 aromatic carbocycles. The Labute approximate surface area is 133 Å². The van der Waals surface area contributed by atoms with Gasteiger partial charge in [0.1, 0.15) is 5.75 Å². The van der Waals surface area contributed by atoms with Crippen LogP contribution in [0.4, 0.5) is 0 Å². The predicted octanol–water partition coefficient (Wildman–Crippen LogP) is 4.81.